The smallest absolute Gasteiger partial charge is 0.237 e. The lowest BCUT2D eigenvalue weighted by Gasteiger charge is -2.36. The number of amides is 1. The van der Waals surface area contributed by atoms with Crippen LogP contribution < -0.4 is 16.0 Å². The van der Waals surface area contributed by atoms with E-state index in [-0.39, 0.29) is 17.8 Å². The fourth-order valence-electron chi connectivity index (χ4n) is 3.22. The van der Waals surface area contributed by atoms with Crippen LogP contribution in [0.2, 0.25) is 0 Å². The first kappa shape index (κ1) is 19.7. The van der Waals surface area contributed by atoms with Crippen LogP contribution >= 0.6 is 0 Å². The van der Waals surface area contributed by atoms with Gasteiger partial charge in [-0.15, -0.1) is 0 Å². The predicted octanol–water partition coefficient (Wildman–Crippen LogP) is 2.13. The molecule has 140 valence electrons. The van der Waals surface area contributed by atoms with Gasteiger partial charge in [-0.3, -0.25) is 4.79 Å². The Morgan fingerprint density at radius 3 is 2.48 bits per heavy atom. The van der Waals surface area contributed by atoms with Crippen molar-refractivity contribution in [2.75, 3.05) is 38.1 Å². The molecule has 2 atom stereocenters. The number of likely N-dealkylation sites (N-methyl/N-ethyl adjacent to an activating group) is 1. The highest BCUT2D eigenvalue weighted by atomic mass is 19.1. The highest BCUT2D eigenvalue weighted by Gasteiger charge is 2.23. The minimum Gasteiger partial charge on any atom is -0.369 e. The van der Waals surface area contributed by atoms with Crippen molar-refractivity contribution in [2.45, 2.75) is 39.3 Å². The third-order valence-electron chi connectivity index (χ3n) is 4.72. The van der Waals surface area contributed by atoms with Crippen molar-refractivity contribution in [3.05, 3.63) is 29.6 Å². The van der Waals surface area contributed by atoms with Gasteiger partial charge in [-0.25, -0.2) is 4.39 Å². The number of piperazine rings is 1. The summed E-state index contributed by atoms with van der Waals surface area (Å²) in [6.07, 6.45) is 0.632. The van der Waals surface area contributed by atoms with Crippen molar-refractivity contribution in [1.29, 1.82) is 0 Å². The van der Waals surface area contributed by atoms with Gasteiger partial charge in [0.25, 0.3) is 0 Å². The topological polar surface area (TPSA) is 61.6 Å². The SMILES string of the molecule is CC(C)C[C@H](N)C(=O)NC(C)c1cc(F)ccc1N1CCN(C)CC1. The second kappa shape index (κ2) is 8.63. The maximum Gasteiger partial charge on any atom is 0.237 e. The Hall–Kier alpha value is -1.66. The summed E-state index contributed by atoms with van der Waals surface area (Å²) in [5.74, 6) is -0.124. The summed E-state index contributed by atoms with van der Waals surface area (Å²) in [6.45, 7) is 9.68. The molecule has 0 radical (unpaired) electrons. The predicted molar refractivity (Wildman–Crippen MR) is 100 cm³/mol. The van der Waals surface area contributed by atoms with Crippen LogP contribution in [0, 0.1) is 11.7 Å². The summed E-state index contributed by atoms with van der Waals surface area (Å²) in [5, 5.41) is 2.95. The summed E-state index contributed by atoms with van der Waals surface area (Å²) in [6, 6.07) is 3.98. The maximum absolute atomic E-state index is 13.8. The highest BCUT2D eigenvalue weighted by molar-refractivity contribution is 5.82. The van der Waals surface area contributed by atoms with Gasteiger partial charge in [0.1, 0.15) is 5.82 Å². The molecule has 1 aromatic rings. The Kier molecular flexibility index (Phi) is 6.79. The number of nitrogens with two attached hydrogens (primary N) is 1. The number of nitrogens with zero attached hydrogens (tertiary/aromatic N) is 2. The lowest BCUT2D eigenvalue weighted by atomic mass is 10.0. The minimum absolute atomic E-state index is 0.185. The first-order valence-electron chi connectivity index (χ1n) is 9.06. The Bertz CT molecular complexity index is 585. The number of anilines is 1. The Labute approximate surface area is 150 Å². The highest BCUT2D eigenvalue weighted by Crippen LogP contribution is 2.28. The fourth-order valence-corrected chi connectivity index (χ4v) is 3.22. The molecule has 5 nitrogen and oxygen atoms in total. The maximum atomic E-state index is 13.8. The number of halogens is 1. The molecule has 0 aliphatic carbocycles. The monoisotopic (exact) mass is 350 g/mol. The molecule has 3 N–H and O–H groups in total. The molecule has 0 bridgehead atoms. The molecule has 1 heterocycles. The summed E-state index contributed by atoms with van der Waals surface area (Å²) in [5.41, 5.74) is 7.75. The van der Waals surface area contributed by atoms with Gasteiger partial charge in [0.05, 0.1) is 12.1 Å². The molecule has 1 amide bonds. The van der Waals surface area contributed by atoms with Crippen LogP contribution in [0.1, 0.15) is 38.8 Å². The van der Waals surface area contributed by atoms with E-state index in [0.29, 0.717) is 12.3 Å². The van der Waals surface area contributed by atoms with Crippen molar-refractivity contribution < 1.29 is 9.18 Å². The number of hydrogen-bond acceptors (Lipinski definition) is 4. The number of carbonyl (C=O) groups excluding carboxylic acids is 1. The van der Waals surface area contributed by atoms with E-state index < -0.39 is 6.04 Å². The molecular weight excluding hydrogens is 319 g/mol. The second-order valence-electron chi connectivity index (χ2n) is 7.46. The van der Waals surface area contributed by atoms with Gasteiger partial charge in [0.2, 0.25) is 5.91 Å². The average molecular weight is 350 g/mol. The van der Waals surface area contributed by atoms with E-state index in [0.717, 1.165) is 37.4 Å². The van der Waals surface area contributed by atoms with Gasteiger partial charge >= 0.3 is 0 Å². The summed E-state index contributed by atoms with van der Waals surface area (Å²) in [4.78, 5) is 16.9. The van der Waals surface area contributed by atoms with Crippen molar-refractivity contribution in [1.82, 2.24) is 10.2 Å². The zero-order valence-corrected chi connectivity index (χ0v) is 15.8. The first-order valence-corrected chi connectivity index (χ1v) is 9.06. The summed E-state index contributed by atoms with van der Waals surface area (Å²) in [7, 11) is 2.10. The van der Waals surface area contributed by atoms with Crippen LogP contribution in [0.4, 0.5) is 10.1 Å². The van der Waals surface area contributed by atoms with Gasteiger partial charge < -0.3 is 20.9 Å². The van der Waals surface area contributed by atoms with Gasteiger partial charge in [-0.05, 0) is 44.5 Å². The molecule has 1 aliphatic rings. The fraction of sp³-hybridized carbons (Fsp3) is 0.632. The molecule has 0 saturated carbocycles. The summed E-state index contributed by atoms with van der Waals surface area (Å²) >= 11 is 0. The number of carbonyl (C=O) groups is 1. The average Bonchev–Trinajstić information content (AvgIpc) is 2.55. The van der Waals surface area contributed by atoms with Gasteiger partial charge in [0.15, 0.2) is 0 Å². The Balaban J connectivity index is 2.14. The zero-order chi connectivity index (χ0) is 18.6. The van der Waals surface area contributed by atoms with Crippen LogP contribution in [0.15, 0.2) is 18.2 Å². The van der Waals surface area contributed by atoms with Gasteiger partial charge in [-0.2, -0.15) is 0 Å². The van der Waals surface area contributed by atoms with E-state index >= 15 is 0 Å². The minimum atomic E-state index is -0.539. The molecule has 1 aromatic carbocycles. The van der Waals surface area contributed by atoms with Crippen molar-refractivity contribution in [3.8, 4) is 0 Å². The molecular formula is C19H31FN4O. The van der Waals surface area contributed by atoms with E-state index in [1.165, 1.54) is 12.1 Å². The van der Waals surface area contributed by atoms with Crippen molar-refractivity contribution >= 4 is 11.6 Å². The molecule has 25 heavy (non-hydrogen) atoms. The van der Waals surface area contributed by atoms with Crippen molar-refractivity contribution in [2.24, 2.45) is 11.7 Å². The molecule has 1 unspecified atom stereocenters. The van der Waals surface area contributed by atoms with E-state index in [4.69, 9.17) is 5.73 Å². The number of nitrogens with one attached hydrogen (secondary N) is 1. The van der Waals surface area contributed by atoms with Crippen LogP contribution in [0.5, 0.6) is 0 Å². The van der Waals surface area contributed by atoms with E-state index in [9.17, 15) is 9.18 Å². The lowest BCUT2D eigenvalue weighted by molar-refractivity contribution is -0.123. The van der Waals surface area contributed by atoms with Crippen LogP contribution in [-0.4, -0.2) is 50.1 Å². The third-order valence-corrected chi connectivity index (χ3v) is 4.72. The van der Waals surface area contributed by atoms with E-state index in [2.05, 4.69) is 22.2 Å². The number of benzene rings is 1. The van der Waals surface area contributed by atoms with Gasteiger partial charge in [-0.1, -0.05) is 13.8 Å². The number of rotatable bonds is 6. The largest absolute Gasteiger partial charge is 0.369 e. The standard InChI is InChI=1S/C19H31FN4O/c1-13(2)11-17(21)19(25)22-14(3)16-12-15(20)5-6-18(16)24-9-7-23(4)8-10-24/h5-6,12-14,17H,7-11,21H2,1-4H3,(H,22,25)/t14?,17-/m0/s1. The van der Waals surface area contributed by atoms with Crippen molar-refractivity contribution in [3.63, 3.8) is 0 Å². The molecule has 1 saturated heterocycles. The van der Waals surface area contributed by atoms with E-state index in [1.54, 1.807) is 0 Å². The normalized spacial score (nSPS) is 18.3. The zero-order valence-electron chi connectivity index (χ0n) is 15.8. The molecule has 2 rings (SSSR count). The third kappa shape index (κ3) is 5.41. The number of hydrogen-bond donors (Lipinski definition) is 2. The molecule has 1 aliphatic heterocycles. The molecule has 0 aromatic heterocycles. The van der Waals surface area contributed by atoms with Gasteiger partial charge in [0, 0.05) is 37.4 Å². The molecule has 0 spiro atoms. The Morgan fingerprint density at radius 2 is 1.88 bits per heavy atom. The van der Waals surface area contributed by atoms with E-state index in [1.807, 2.05) is 26.8 Å². The lowest BCUT2D eigenvalue weighted by Crippen LogP contribution is -2.45. The van der Waals surface area contributed by atoms with Crippen LogP contribution in [0.3, 0.4) is 0 Å². The first-order chi connectivity index (χ1) is 11.8. The Morgan fingerprint density at radius 1 is 1.24 bits per heavy atom. The molecule has 1 fully saturated rings. The summed E-state index contributed by atoms with van der Waals surface area (Å²) < 4.78 is 13.8. The molecule has 6 heteroatoms. The van der Waals surface area contributed by atoms with Crippen LogP contribution in [0.25, 0.3) is 0 Å². The second-order valence-corrected chi connectivity index (χ2v) is 7.46. The van der Waals surface area contributed by atoms with Crippen LogP contribution in [-0.2, 0) is 4.79 Å². The quantitative estimate of drug-likeness (QED) is 0.825.